The maximum Gasteiger partial charge on any atom is 0.180 e. The lowest BCUT2D eigenvalue weighted by Crippen LogP contribution is -2.38. The highest BCUT2D eigenvalue weighted by Gasteiger charge is 2.44. The molecule has 0 radical (unpaired) electrons. The molecule has 2 nitrogen and oxygen atoms in total. The molecule has 1 aliphatic heterocycles. The van der Waals surface area contributed by atoms with Crippen molar-refractivity contribution in [1.82, 2.24) is 5.32 Å². The second kappa shape index (κ2) is 4.30. The number of rotatable bonds is 3. The van der Waals surface area contributed by atoms with Gasteiger partial charge in [0.25, 0.3) is 0 Å². The second-order valence-electron chi connectivity index (χ2n) is 4.98. The van der Waals surface area contributed by atoms with Crippen LogP contribution in [0, 0.1) is 18.3 Å². The van der Waals surface area contributed by atoms with Crippen LogP contribution in [0.5, 0.6) is 0 Å². The van der Waals surface area contributed by atoms with Gasteiger partial charge in [0.05, 0.1) is 10.3 Å². The molecule has 1 saturated heterocycles. The summed E-state index contributed by atoms with van der Waals surface area (Å²) in [7, 11) is 0. The van der Waals surface area contributed by atoms with Gasteiger partial charge in [0.2, 0.25) is 0 Å². The maximum atomic E-state index is 12.6. The number of Topliss-reactive ketones (excluding diaryl/α,β-unsaturated/α-hetero) is 1. The van der Waals surface area contributed by atoms with Gasteiger partial charge in [-0.2, -0.15) is 0 Å². The van der Waals surface area contributed by atoms with Crippen LogP contribution >= 0.6 is 11.3 Å². The molecule has 3 heteroatoms. The first-order chi connectivity index (χ1) is 7.56. The lowest BCUT2D eigenvalue weighted by Gasteiger charge is -2.30. The highest BCUT2D eigenvalue weighted by molar-refractivity contribution is 7.14. The van der Waals surface area contributed by atoms with Crippen molar-refractivity contribution in [1.29, 1.82) is 0 Å². The van der Waals surface area contributed by atoms with Crippen LogP contribution in [0.25, 0.3) is 0 Å². The van der Waals surface area contributed by atoms with Gasteiger partial charge in [-0.15, -0.1) is 11.3 Å². The molecule has 16 heavy (non-hydrogen) atoms. The van der Waals surface area contributed by atoms with E-state index in [4.69, 9.17) is 0 Å². The quantitative estimate of drug-likeness (QED) is 0.819. The largest absolute Gasteiger partial charge is 0.316 e. The molecule has 1 unspecified atom stereocenters. The summed E-state index contributed by atoms with van der Waals surface area (Å²) in [5, 5.41) is 3.34. The molecule has 2 heterocycles. The predicted molar refractivity (Wildman–Crippen MR) is 68.1 cm³/mol. The Morgan fingerprint density at radius 3 is 2.69 bits per heavy atom. The van der Waals surface area contributed by atoms with Crippen molar-refractivity contribution in [2.24, 2.45) is 11.3 Å². The Labute approximate surface area is 101 Å². The van der Waals surface area contributed by atoms with E-state index in [0.717, 1.165) is 24.4 Å². The molecule has 0 amide bonds. The van der Waals surface area contributed by atoms with E-state index in [0.29, 0.717) is 11.7 Å². The second-order valence-corrected chi connectivity index (χ2v) is 6.26. The highest BCUT2D eigenvalue weighted by atomic mass is 32.1. The first-order valence-corrected chi connectivity index (χ1v) is 6.70. The van der Waals surface area contributed by atoms with Crippen molar-refractivity contribution in [3.8, 4) is 0 Å². The predicted octanol–water partition coefficient (Wildman–Crippen LogP) is 2.87. The number of thiophene rings is 1. The van der Waals surface area contributed by atoms with Crippen LogP contribution < -0.4 is 5.32 Å². The number of hydrogen-bond donors (Lipinski definition) is 1. The molecule has 2 rings (SSSR count). The summed E-state index contributed by atoms with van der Waals surface area (Å²) < 4.78 is 0. The lowest BCUT2D eigenvalue weighted by molar-refractivity contribution is 0.0745. The number of hydrogen-bond acceptors (Lipinski definition) is 3. The van der Waals surface area contributed by atoms with Crippen LogP contribution in [-0.4, -0.2) is 18.9 Å². The minimum atomic E-state index is -0.169. The van der Waals surface area contributed by atoms with Gasteiger partial charge in [0.15, 0.2) is 5.78 Å². The minimum Gasteiger partial charge on any atom is -0.316 e. The smallest absolute Gasteiger partial charge is 0.180 e. The first kappa shape index (κ1) is 11.8. The van der Waals surface area contributed by atoms with Crippen LogP contribution in [-0.2, 0) is 0 Å². The van der Waals surface area contributed by atoms with Gasteiger partial charge in [-0.05, 0) is 37.9 Å². The van der Waals surface area contributed by atoms with E-state index < -0.39 is 0 Å². The van der Waals surface area contributed by atoms with E-state index in [-0.39, 0.29) is 5.41 Å². The lowest BCUT2D eigenvalue weighted by atomic mass is 9.72. The van der Waals surface area contributed by atoms with Crippen LogP contribution in [0.4, 0.5) is 0 Å². The van der Waals surface area contributed by atoms with Crippen LogP contribution in [0.1, 0.15) is 34.8 Å². The van der Waals surface area contributed by atoms with Crippen LogP contribution in [0.3, 0.4) is 0 Å². The van der Waals surface area contributed by atoms with Gasteiger partial charge in [-0.25, -0.2) is 0 Å². The van der Waals surface area contributed by atoms with Crippen molar-refractivity contribution < 1.29 is 4.79 Å². The standard InChI is InChI=1S/C13H19NOS/c1-9(2)13(6-7-14-8-13)12(15)11-5-4-10(3)16-11/h4-5,9,14H,6-8H2,1-3H3. The van der Waals surface area contributed by atoms with Crippen molar-refractivity contribution in [3.63, 3.8) is 0 Å². The Balaban J connectivity index is 2.31. The van der Waals surface area contributed by atoms with Crippen molar-refractivity contribution >= 4 is 17.1 Å². The zero-order valence-corrected chi connectivity index (χ0v) is 11.0. The van der Waals surface area contributed by atoms with Gasteiger partial charge in [-0.1, -0.05) is 13.8 Å². The summed E-state index contributed by atoms with van der Waals surface area (Å²) in [6.45, 7) is 8.17. The average molecular weight is 237 g/mol. The molecule has 1 aliphatic rings. The molecule has 0 bridgehead atoms. The summed E-state index contributed by atoms with van der Waals surface area (Å²) in [6.07, 6.45) is 0.973. The first-order valence-electron chi connectivity index (χ1n) is 5.88. The Morgan fingerprint density at radius 1 is 1.50 bits per heavy atom. The fourth-order valence-electron chi connectivity index (χ4n) is 2.46. The van der Waals surface area contributed by atoms with E-state index in [1.807, 2.05) is 12.1 Å². The van der Waals surface area contributed by atoms with Crippen LogP contribution in [0.15, 0.2) is 12.1 Å². The Hall–Kier alpha value is -0.670. The number of aryl methyl sites for hydroxylation is 1. The zero-order chi connectivity index (χ0) is 11.8. The maximum absolute atomic E-state index is 12.6. The van der Waals surface area contributed by atoms with E-state index >= 15 is 0 Å². The third kappa shape index (κ3) is 1.82. The third-order valence-corrected chi connectivity index (χ3v) is 4.71. The highest BCUT2D eigenvalue weighted by Crippen LogP contribution is 2.38. The number of nitrogens with one attached hydrogen (secondary N) is 1. The van der Waals surface area contributed by atoms with Gasteiger partial charge in [0, 0.05) is 11.4 Å². The molecule has 0 saturated carbocycles. The van der Waals surface area contributed by atoms with Gasteiger partial charge in [0.1, 0.15) is 0 Å². The number of carbonyl (C=O) groups is 1. The fraction of sp³-hybridized carbons (Fsp3) is 0.615. The number of carbonyl (C=O) groups excluding carboxylic acids is 1. The zero-order valence-electron chi connectivity index (χ0n) is 10.2. The molecule has 1 N–H and O–H groups in total. The SMILES string of the molecule is Cc1ccc(C(=O)C2(C(C)C)CCNC2)s1. The summed E-state index contributed by atoms with van der Waals surface area (Å²) in [6, 6.07) is 4.01. The Morgan fingerprint density at radius 2 is 2.25 bits per heavy atom. The molecule has 0 spiro atoms. The topological polar surface area (TPSA) is 29.1 Å². The summed E-state index contributed by atoms with van der Waals surface area (Å²) >= 11 is 1.62. The summed E-state index contributed by atoms with van der Waals surface area (Å²) in [5.74, 6) is 0.739. The summed E-state index contributed by atoms with van der Waals surface area (Å²) in [5.41, 5.74) is -0.169. The third-order valence-electron chi connectivity index (χ3n) is 3.71. The van der Waals surface area contributed by atoms with E-state index in [2.05, 4.69) is 26.1 Å². The molecule has 0 aliphatic carbocycles. The average Bonchev–Trinajstić information content (AvgIpc) is 2.85. The van der Waals surface area contributed by atoms with E-state index in [9.17, 15) is 4.79 Å². The molecule has 1 fully saturated rings. The van der Waals surface area contributed by atoms with Gasteiger partial charge < -0.3 is 5.32 Å². The molecule has 1 atom stereocenters. The fourth-order valence-corrected chi connectivity index (χ4v) is 3.38. The molecule has 1 aromatic heterocycles. The molecule has 0 aromatic carbocycles. The molecule has 88 valence electrons. The van der Waals surface area contributed by atoms with Crippen molar-refractivity contribution in [2.75, 3.05) is 13.1 Å². The van der Waals surface area contributed by atoms with Crippen LogP contribution in [0.2, 0.25) is 0 Å². The Bertz CT molecular complexity index is 388. The van der Waals surface area contributed by atoms with Crippen molar-refractivity contribution in [3.05, 3.63) is 21.9 Å². The van der Waals surface area contributed by atoms with Gasteiger partial charge in [-0.3, -0.25) is 4.79 Å². The molecule has 1 aromatic rings. The van der Waals surface area contributed by atoms with E-state index in [1.165, 1.54) is 4.88 Å². The van der Waals surface area contributed by atoms with Crippen molar-refractivity contribution in [2.45, 2.75) is 27.2 Å². The number of ketones is 1. The Kier molecular flexibility index (Phi) is 3.17. The van der Waals surface area contributed by atoms with E-state index in [1.54, 1.807) is 11.3 Å². The normalized spacial score (nSPS) is 25.2. The molecular formula is C13H19NOS. The van der Waals surface area contributed by atoms with Gasteiger partial charge >= 0.3 is 0 Å². The minimum absolute atomic E-state index is 0.169. The monoisotopic (exact) mass is 237 g/mol. The summed E-state index contributed by atoms with van der Waals surface area (Å²) in [4.78, 5) is 14.7. The molecular weight excluding hydrogens is 218 g/mol.